The summed E-state index contributed by atoms with van der Waals surface area (Å²) >= 11 is 0. The smallest absolute Gasteiger partial charge is 0.254 e. The van der Waals surface area contributed by atoms with Crippen molar-refractivity contribution in [2.24, 2.45) is 5.92 Å². The zero-order valence-corrected chi connectivity index (χ0v) is 16.4. The number of anilines is 1. The molecule has 1 unspecified atom stereocenters. The van der Waals surface area contributed by atoms with Crippen molar-refractivity contribution in [3.8, 4) is 0 Å². The van der Waals surface area contributed by atoms with E-state index in [-0.39, 0.29) is 11.7 Å². The van der Waals surface area contributed by atoms with Crippen molar-refractivity contribution in [1.82, 2.24) is 14.8 Å². The molecule has 2 saturated heterocycles. The van der Waals surface area contributed by atoms with Crippen molar-refractivity contribution in [3.05, 3.63) is 59.5 Å². The number of rotatable bonds is 4. The van der Waals surface area contributed by atoms with E-state index >= 15 is 0 Å². The number of aromatic nitrogens is 1. The normalized spacial score (nSPS) is 20.6. The summed E-state index contributed by atoms with van der Waals surface area (Å²) in [5.74, 6) is 1.19. The zero-order valence-electron chi connectivity index (χ0n) is 16.4. The number of likely N-dealkylation sites (N-methyl/N-ethyl adjacent to an activating group) is 1. The fraction of sp³-hybridized carbons (Fsp3) is 0.455. The third-order valence-electron chi connectivity index (χ3n) is 5.83. The molecule has 5 nitrogen and oxygen atoms in total. The minimum atomic E-state index is -0.208. The van der Waals surface area contributed by atoms with Crippen LogP contribution < -0.4 is 4.90 Å². The Bertz CT molecular complexity index is 818. The van der Waals surface area contributed by atoms with Gasteiger partial charge in [-0.2, -0.15) is 0 Å². The molecule has 148 valence electrons. The highest BCUT2D eigenvalue weighted by Crippen LogP contribution is 2.24. The first-order valence-corrected chi connectivity index (χ1v) is 10.0. The van der Waals surface area contributed by atoms with Crippen molar-refractivity contribution in [3.63, 3.8) is 0 Å². The van der Waals surface area contributed by atoms with Crippen LogP contribution in [0.4, 0.5) is 10.2 Å². The molecule has 0 aliphatic carbocycles. The minimum absolute atomic E-state index is 0.0828. The molecule has 1 amide bonds. The molecule has 3 heterocycles. The topological polar surface area (TPSA) is 39.7 Å². The van der Waals surface area contributed by atoms with Gasteiger partial charge in [0.1, 0.15) is 11.6 Å². The van der Waals surface area contributed by atoms with Crippen molar-refractivity contribution < 1.29 is 9.18 Å². The maximum atomic E-state index is 13.1. The molecular formula is C22H27FN4O. The lowest BCUT2D eigenvalue weighted by atomic mass is 9.99. The Hall–Kier alpha value is -2.47. The van der Waals surface area contributed by atoms with E-state index in [0.29, 0.717) is 11.5 Å². The monoisotopic (exact) mass is 382 g/mol. The Kier molecular flexibility index (Phi) is 5.57. The molecule has 1 aromatic heterocycles. The van der Waals surface area contributed by atoms with Crippen LogP contribution in [0.15, 0.2) is 42.6 Å². The van der Waals surface area contributed by atoms with Crippen LogP contribution in [0.3, 0.4) is 0 Å². The maximum Gasteiger partial charge on any atom is 0.254 e. The second kappa shape index (κ2) is 8.27. The van der Waals surface area contributed by atoms with Crippen LogP contribution >= 0.6 is 0 Å². The van der Waals surface area contributed by atoms with Gasteiger partial charge in [-0.3, -0.25) is 4.79 Å². The number of carbonyl (C=O) groups is 1. The molecule has 2 aliphatic heterocycles. The fourth-order valence-corrected chi connectivity index (χ4v) is 4.08. The van der Waals surface area contributed by atoms with E-state index in [1.807, 2.05) is 29.2 Å². The molecule has 0 radical (unpaired) electrons. The highest BCUT2D eigenvalue weighted by atomic mass is 19.1. The first-order valence-electron chi connectivity index (χ1n) is 10.0. The van der Waals surface area contributed by atoms with Crippen LogP contribution in [0.5, 0.6) is 0 Å². The van der Waals surface area contributed by atoms with Crippen LogP contribution in [0.1, 0.15) is 22.3 Å². The van der Waals surface area contributed by atoms with Gasteiger partial charge in [-0.1, -0.05) is 12.1 Å². The Balaban J connectivity index is 1.38. The lowest BCUT2D eigenvalue weighted by Gasteiger charge is -2.33. The molecule has 0 bridgehead atoms. The molecule has 1 aromatic carbocycles. The van der Waals surface area contributed by atoms with Crippen LogP contribution in [-0.2, 0) is 6.42 Å². The molecule has 6 heteroatoms. The average Bonchev–Trinajstić information content (AvgIpc) is 3.18. The van der Waals surface area contributed by atoms with Gasteiger partial charge < -0.3 is 14.7 Å². The fourth-order valence-electron chi connectivity index (χ4n) is 4.08. The van der Waals surface area contributed by atoms with E-state index < -0.39 is 0 Å². The number of halogens is 1. The molecule has 2 aliphatic rings. The van der Waals surface area contributed by atoms with E-state index in [0.717, 1.165) is 63.5 Å². The van der Waals surface area contributed by atoms with Crippen LogP contribution in [-0.4, -0.2) is 67.0 Å². The van der Waals surface area contributed by atoms with E-state index in [4.69, 9.17) is 0 Å². The van der Waals surface area contributed by atoms with Gasteiger partial charge in [-0.15, -0.1) is 0 Å². The van der Waals surface area contributed by atoms with E-state index in [1.165, 1.54) is 12.1 Å². The summed E-state index contributed by atoms with van der Waals surface area (Å²) in [6.45, 7) is 5.42. The number of pyridine rings is 1. The number of piperazine rings is 1. The number of benzene rings is 1. The summed E-state index contributed by atoms with van der Waals surface area (Å²) < 4.78 is 13.1. The van der Waals surface area contributed by atoms with Crippen molar-refractivity contribution in [2.45, 2.75) is 12.8 Å². The van der Waals surface area contributed by atoms with Gasteiger partial charge in [0, 0.05) is 51.0 Å². The first-order chi connectivity index (χ1) is 13.6. The van der Waals surface area contributed by atoms with Gasteiger partial charge in [0.05, 0.1) is 0 Å². The maximum absolute atomic E-state index is 13.1. The van der Waals surface area contributed by atoms with Crippen LogP contribution in [0.25, 0.3) is 0 Å². The number of hydrogen-bond acceptors (Lipinski definition) is 4. The van der Waals surface area contributed by atoms with Gasteiger partial charge in [-0.05, 0) is 55.6 Å². The lowest BCUT2D eigenvalue weighted by molar-refractivity contribution is 0.0787. The van der Waals surface area contributed by atoms with Crippen LogP contribution in [0, 0.1) is 11.7 Å². The molecule has 1 atom stereocenters. The predicted octanol–water partition coefficient (Wildman–Crippen LogP) is 2.68. The number of nitrogens with zero attached hydrogens (tertiary/aromatic N) is 4. The predicted molar refractivity (Wildman–Crippen MR) is 108 cm³/mol. The second-order valence-corrected chi connectivity index (χ2v) is 7.93. The summed E-state index contributed by atoms with van der Waals surface area (Å²) in [6.07, 6.45) is 3.61. The largest absolute Gasteiger partial charge is 0.354 e. The summed E-state index contributed by atoms with van der Waals surface area (Å²) in [5, 5.41) is 0. The molecular weight excluding hydrogens is 355 g/mol. The number of likely N-dealkylation sites (tertiary alicyclic amines) is 1. The summed E-state index contributed by atoms with van der Waals surface area (Å²) in [7, 11) is 2.13. The Morgan fingerprint density at radius 1 is 1.11 bits per heavy atom. The van der Waals surface area contributed by atoms with Gasteiger partial charge in [-0.25, -0.2) is 9.37 Å². The summed E-state index contributed by atoms with van der Waals surface area (Å²) in [6, 6.07) is 10.4. The number of amides is 1. The lowest BCUT2D eigenvalue weighted by Crippen LogP contribution is -2.44. The molecule has 2 fully saturated rings. The summed E-state index contributed by atoms with van der Waals surface area (Å²) in [5.41, 5.74) is 1.84. The van der Waals surface area contributed by atoms with Crippen LogP contribution in [0.2, 0.25) is 0 Å². The zero-order chi connectivity index (χ0) is 19.5. The van der Waals surface area contributed by atoms with Crippen molar-refractivity contribution in [1.29, 1.82) is 0 Å². The van der Waals surface area contributed by atoms with Crippen molar-refractivity contribution >= 4 is 11.7 Å². The number of carbonyl (C=O) groups excluding carboxylic acids is 1. The Morgan fingerprint density at radius 3 is 2.61 bits per heavy atom. The average molecular weight is 382 g/mol. The first kappa shape index (κ1) is 18.9. The van der Waals surface area contributed by atoms with E-state index in [2.05, 4.69) is 21.8 Å². The highest BCUT2D eigenvalue weighted by molar-refractivity contribution is 5.95. The quantitative estimate of drug-likeness (QED) is 0.815. The van der Waals surface area contributed by atoms with Gasteiger partial charge in [0.25, 0.3) is 5.91 Å². The Labute approximate surface area is 165 Å². The Morgan fingerprint density at radius 2 is 1.86 bits per heavy atom. The van der Waals surface area contributed by atoms with E-state index in [1.54, 1.807) is 6.20 Å². The van der Waals surface area contributed by atoms with Crippen molar-refractivity contribution in [2.75, 3.05) is 51.2 Å². The third-order valence-corrected chi connectivity index (χ3v) is 5.83. The molecule has 4 rings (SSSR count). The second-order valence-electron chi connectivity index (χ2n) is 7.93. The van der Waals surface area contributed by atoms with E-state index in [9.17, 15) is 9.18 Å². The standard InChI is InChI=1S/C22H27FN4O/c1-25-10-12-26(13-11-25)21-15-19(6-8-24-21)22(28)27-9-7-18(16-27)14-17-2-4-20(23)5-3-17/h2-6,8,15,18H,7,9-14,16H2,1H3. The van der Waals surface area contributed by atoms with Gasteiger partial charge >= 0.3 is 0 Å². The van der Waals surface area contributed by atoms with Gasteiger partial charge in [0.2, 0.25) is 0 Å². The van der Waals surface area contributed by atoms with Gasteiger partial charge in [0.15, 0.2) is 0 Å². The molecule has 0 N–H and O–H groups in total. The molecule has 0 spiro atoms. The third kappa shape index (κ3) is 4.33. The molecule has 28 heavy (non-hydrogen) atoms. The highest BCUT2D eigenvalue weighted by Gasteiger charge is 2.27. The minimum Gasteiger partial charge on any atom is -0.354 e. The summed E-state index contributed by atoms with van der Waals surface area (Å²) in [4.78, 5) is 24.0. The number of hydrogen-bond donors (Lipinski definition) is 0. The molecule has 0 saturated carbocycles. The SMILES string of the molecule is CN1CCN(c2cc(C(=O)N3CCC(Cc4ccc(F)cc4)C3)ccn2)CC1. The molecule has 2 aromatic rings.